The lowest BCUT2D eigenvalue weighted by atomic mass is 9.93. The van der Waals surface area contributed by atoms with Gasteiger partial charge < -0.3 is 28.4 Å². The molecule has 0 aromatic heterocycles. The Morgan fingerprint density at radius 2 is 1.38 bits per heavy atom. The van der Waals surface area contributed by atoms with Gasteiger partial charge >= 0.3 is 0 Å². The van der Waals surface area contributed by atoms with Crippen LogP contribution in [-0.4, -0.2) is 41.2 Å². The third kappa shape index (κ3) is 4.73. The number of para-hydroxylation sites is 2. The van der Waals surface area contributed by atoms with Crippen LogP contribution in [0, 0.1) is 0 Å². The predicted octanol–water partition coefficient (Wildman–Crippen LogP) is 4.66. The minimum absolute atomic E-state index is 0.463. The van der Waals surface area contributed by atoms with E-state index in [1.807, 2.05) is 63.2 Å². The van der Waals surface area contributed by atoms with Crippen molar-refractivity contribution in [1.29, 1.82) is 0 Å². The molecule has 2 rings (SSSR count). The molecule has 0 fully saturated rings. The second-order valence-corrected chi connectivity index (χ2v) is 6.12. The first-order valence-corrected chi connectivity index (χ1v) is 9.86. The van der Waals surface area contributed by atoms with Crippen LogP contribution in [0.2, 0.25) is 0 Å². The Labute approximate surface area is 173 Å². The summed E-state index contributed by atoms with van der Waals surface area (Å²) >= 11 is 0. The molecule has 0 spiro atoms. The van der Waals surface area contributed by atoms with Crippen LogP contribution in [0.4, 0.5) is 0 Å². The Morgan fingerprint density at radius 3 is 1.93 bits per heavy atom. The van der Waals surface area contributed by atoms with Gasteiger partial charge in [0.15, 0.2) is 6.29 Å². The molecule has 0 saturated heterocycles. The van der Waals surface area contributed by atoms with Gasteiger partial charge in [0.1, 0.15) is 11.5 Å². The first kappa shape index (κ1) is 23.2. The van der Waals surface area contributed by atoms with Gasteiger partial charge in [0.25, 0.3) is 0 Å². The fraction of sp³-hybridized carbons (Fsp3) is 0.478. The Morgan fingerprint density at radius 1 is 0.759 bits per heavy atom. The first-order valence-electron chi connectivity index (χ1n) is 9.86. The zero-order chi connectivity index (χ0) is 21.3. The van der Waals surface area contributed by atoms with Crippen LogP contribution >= 0.6 is 0 Å². The summed E-state index contributed by atoms with van der Waals surface area (Å²) in [5, 5.41) is 0. The number of ether oxygens (including phenoxy) is 6. The molecule has 0 aliphatic heterocycles. The van der Waals surface area contributed by atoms with Crippen molar-refractivity contribution in [3.05, 3.63) is 59.2 Å². The zero-order valence-corrected chi connectivity index (χ0v) is 18.2. The summed E-state index contributed by atoms with van der Waals surface area (Å²) in [6.07, 6.45) is -0.560. The van der Waals surface area contributed by atoms with Gasteiger partial charge in [-0.1, -0.05) is 24.3 Å². The lowest BCUT2D eigenvalue weighted by Crippen LogP contribution is -2.34. The number of benzene rings is 2. The quantitative estimate of drug-likeness (QED) is 0.480. The molecule has 0 atom stereocenters. The summed E-state index contributed by atoms with van der Waals surface area (Å²) in [5.74, 6) is 0.0162. The standard InChI is InChI=1S/C23H32O6/c1-7-27-21-17(22(28-8-2)29-9-3)13-12-15-19(21)23(25-5,26-6)18-14-10-11-16-20(18)24-4/h10-16,22H,7-9H2,1-6H3. The van der Waals surface area contributed by atoms with Crippen molar-refractivity contribution in [3.63, 3.8) is 0 Å². The van der Waals surface area contributed by atoms with Crippen LogP contribution in [0.25, 0.3) is 0 Å². The highest BCUT2D eigenvalue weighted by Gasteiger charge is 2.41. The number of rotatable bonds is 12. The van der Waals surface area contributed by atoms with Gasteiger partial charge in [-0.25, -0.2) is 0 Å². The molecule has 0 amide bonds. The van der Waals surface area contributed by atoms with Gasteiger partial charge in [0.2, 0.25) is 5.79 Å². The summed E-state index contributed by atoms with van der Waals surface area (Å²) in [6.45, 7) is 7.27. The van der Waals surface area contributed by atoms with Crippen LogP contribution in [0.3, 0.4) is 0 Å². The number of hydrogen-bond acceptors (Lipinski definition) is 6. The largest absolute Gasteiger partial charge is 0.496 e. The summed E-state index contributed by atoms with van der Waals surface area (Å²) in [4.78, 5) is 0. The van der Waals surface area contributed by atoms with Crippen LogP contribution in [0.1, 0.15) is 43.8 Å². The molecular formula is C23H32O6. The van der Waals surface area contributed by atoms with Crippen LogP contribution in [-0.2, 0) is 24.7 Å². The first-order chi connectivity index (χ1) is 14.1. The van der Waals surface area contributed by atoms with Crippen molar-refractivity contribution < 1.29 is 28.4 Å². The molecule has 0 saturated carbocycles. The summed E-state index contributed by atoms with van der Waals surface area (Å²) in [6, 6.07) is 13.4. The Bertz CT molecular complexity index is 751. The van der Waals surface area contributed by atoms with Crippen molar-refractivity contribution in [2.24, 2.45) is 0 Å². The van der Waals surface area contributed by atoms with E-state index in [9.17, 15) is 0 Å². The van der Waals surface area contributed by atoms with E-state index in [1.54, 1.807) is 21.3 Å². The van der Waals surface area contributed by atoms with E-state index >= 15 is 0 Å². The minimum atomic E-state index is -1.24. The lowest BCUT2D eigenvalue weighted by Gasteiger charge is -2.35. The van der Waals surface area contributed by atoms with E-state index in [0.29, 0.717) is 36.9 Å². The van der Waals surface area contributed by atoms with Gasteiger partial charge in [-0.3, -0.25) is 0 Å². The van der Waals surface area contributed by atoms with Crippen LogP contribution in [0.5, 0.6) is 11.5 Å². The number of hydrogen-bond donors (Lipinski definition) is 0. The second kappa shape index (κ2) is 11.2. The Kier molecular flexibility index (Phi) is 8.92. The SMILES string of the molecule is CCOc1c(C(OCC)OCC)cccc1C(OC)(OC)c1ccccc1OC. The van der Waals surface area contributed by atoms with E-state index in [-0.39, 0.29) is 0 Å². The van der Waals surface area contributed by atoms with E-state index in [4.69, 9.17) is 28.4 Å². The maximum Gasteiger partial charge on any atom is 0.229 e. The van der Waals surface area contributed by atoms with Gasteiger partial charge in [0, 0.05) is 27.4 Å². The smallest absolute Gasteiger partial charge is 0.229 e. The Hall–Kier alpha value is -2.12. The third-order valence-corrected chi connectivity index (χ3v) is 4.62. The molecule has 29 heavy (non-hydrogen) atoms. The molecule has 160 valence electrons. The fourth-order valence-corrected chi connectivity index (χ4v) is 3.42. The molecule has 0 bridgehead atoms. The summed E-state index contributed by atoms with van der Waals surface area (Å²) in [5.41, 5.74) is 2.21. The Balaban J connectivity index is 2.76. The molecule has 0 unspecified atom stereocenters. The zero-order valence-electron chi connectivity index (χ0n) is 18.2. The maximum absolute atomic E-state index is 6.09. The molecule has 2 aromatic rings. The molecule has 6 nitrogen and oxygen atoms in total. The highest BCUT2D eigenvalue weighted by molar-refractivity contribution is 5.51. The van der Waals surface area contributed by atoms with E-state index in [1.165, 1.54) is 0 Å². The summed E-state index contributed by atoms with van der Waals surface area (Å²) in [7, 11) is 4.82. The van der Waals surface area contributed by atoms with Gasteiger partial charge in [0.05, 0.1) is 30.4 Å². The van der Waals surface area contributed by atoms with Crippen molar-refractivity contribution in [2.45, 2.75) is 32.8 Å². The third-order valence-electron chi connectivity index (χ3n) is 4.62. The minimum Gasteiger partial charge on any atom is -0.496 e. The average molecular weight is 405 g/mol. The topological polar surface area (TPSA) is 55.4 Å². The van der Waals surface area contributed by atoms with Gasteiger partial charge in [-0.15, -0.1) is 0 Å². The molecule has 0 aliphatic rings. The van der Waals surface area contributed by atoms with E-state index < -0.39 is 12.1 Å². The monoisotopic (exact) mass is 404 g/mol. The maximum atomic E-state index is 6.09. The molecule has 6 heteroatoms. The van der Waals surface area contributed by atoms with Gasteiger partial charge in [-0.05, 0) is 39.0 Å². The van der Waals surface area contributed by atoms with Crippen molar-refractivity contribution in [1.82, 2.24) is 0 Å². The van der Waals surface area contributed by atoms with Crippen LogP contribution < -0.4 is 9.47 Å². The molecular weight excluding hydrogens is 372 g/mol. The second-order valence-electron chi connectivity index (χ2n) is 6.12. The van der Waals surface area contributed by atoms with Crippen LogP contribution in [0.15, 0.2) is 42.5 Å². The van der Waals surface area contributed by atoms with Crippen molar-refractivity contribution in [2.75, 3.05) is 41.2 Å². The highest BCUT2D eigenvalue weighted by atomic mass is 16.7. The number of methoxy groups -OCH3 is 3. The van der Waals surface area contributed by atoms with Crippen molar-refractivity contribution >= 4 is 0 Å². The van der Waals surface area contributed by atoms with Gasteiger partial charge in [-0.2, -0.15) is 0 Å². The molecule has 0 aliphatic carbocycles. The summed E-state index contributed by atoms with van der Waals surface area (Å²) < 4.78 is 35.3. The molecule has 0 heterocycles. The molecule has 2 aromatic carbocycles. The molecule has 0 radical (unpaired) electrons. The predicted molar refractivity (Wildman–Crippen MR) is 111 cm³/mol. The fourth-order valence-electron chi connectivity index (χ4n) is 3.42. The lowest BCUT2D eigenvalue weighted by molar-refractivity contribution is -0.186. The normalized spacial score (nSPS) is 11.7. The molecule has 0 N–H and O–H groups in total. The van der Waals surface area contributed by atoms with E-state index in [0.717, 1.165) is 11.1 Å². The average Bonchev–Trinajstić information content (AvgIpc) is 2.76. The van der Waals surface area contributed by atoms with E-state index in [2.05, 4.69) is 0 Å². The van der Waals surface area contributed by atoms with Crippen molar-refractivity contribution in [3.8, 4) is 11.5 Å². The highest BCUT2D eigenvalue weighted by Crippen LogP contribution is 2.45.